The van der Waals surface area contributed by atoms with Gasteiger partial charge < -0.3 is 4.74 Å². The zero-order valence-corrected chi connectivity index (χ0v) is 10.8. The van der Waals surface area contributed by atoms with Gasteiger partial charge in [-0.05, 0) is 37.1 Å². The van der Waals surface area contributed by atoms with E-state index >= 15 is 0 Å². The van der Waals surface area contributed by atoms with Crippen molar-refractivity contribution >= 4 is 35.8 Å². The second-order valence-corrected chi connectivity index (χ2v) is 4.47. The Balaban J connectivity index is 2.28. The Kier molecular flexibility index (Phi) is 6.30. The van der Waals surface area contributed by atoms with Gasteiger partial charge in [-0.3, -0.25) is 0 Å². The Morgan fingerprint density at radius 1 is 1.07 bits per heavy atom. The number of rotatable bonds is 6. The van der Waals surface area contributed by atoms with Crippen LogP contribution in [0.25, 0.3) is 0 Å². The molecule has 0 saturated carbocycles. The topological polar surface area (TPSA) is 9.23 Å². The van der Waals surface area contributed by atoms with E-state index in [1.807, 2.05) is 6.07 Å². The summed E-state index contributed by atoms with van der Waals surface area (Å²) in [6.45, 7) is 0.714. The van der Waals surface area contributed by atoms with E-state index in [9.17, 15) is 0 Å². The highest BCUT2D eigenvalue weighted by Crippen LogP contribution is 2.26. The number of benzene rings is 1. The molecule has 0 heterocycles. The first-order valence-corrected chi connectivity index (χ1v) is 6.31. The van der Waals surface area contributed by atoms with Gasteiger partial charge in [0, 0.05) is 6.07 Å². The smallest absolute Gasteiger partial charge is 0.120 e. The average Bonchev–Trinajstić information content (AvgIpc) is 2.23. The van der Waals surface area contributed by atoms with Crippen molar-refractivity contribution in [3.63, 3.8) is 0 Å². The zero-order valence-electron chi connectivity index (χ0n) is 8.38. The summed E-state index contributed by atoms with van der Waals surface area (Å²) >= 11 is 15.8. The second kappa shape index (κ2) is 7.26. The molecular formula is C11H14Cl2OS. The molecule has 0 spiro atoms. The van der Waals surface area contributed by atoms with Crippen LogP contribution >= 0.6 is 35.8 Å². The molecule has 1 aromatic carbocycles. The number of halogens is 2. The van der Waals surface area contributed by atoms with Crippen molar-refractivity contribution in [2.24, 2.45) is 0 Å². The SMILES string of the molecule is SCCCCCOc1ccc(Cl)c(Cl)c1. The van der Waals surface area contributed by atoms with Gasteiger partial charge in [0.1, 0.15) is 5.75 Å². The zero-order chi connectivity index (χ0) is 11.1. The number of thiol groups is 1. The van der Waals surface area contributed by atoms with Crippen LogP contribution in [0, 0.1) is 0 Å². The largest absolute Gasteiger partial charge is 0.494 e. The number of unbranched alkanes of at least 4 members (excludes halogenated alkanes) is 2. The van der Waals surface area contributed by atoms with Crippen molar-refractivity contribution in [1.29, 1.82) is 0 Å². The van der Waals surface area contributed by atoms with E-state index in [0.29, 0.717) is 16.7 Å². The summed E-state index contributed by atoms with van der Waals surface area (Å²) in [6.07, 6.45) is 3.32. The summed E-state index contributed by atoms with van der Waals surface area (Å²) in [5, 5.41) is 1.09. The van der Waals surface area contributed by atoms with Crippen LogP contribution in [0.5, 0.6) is 5.75 Å². The first-order valence-electron chi connectivity index (χ1n) is 4.93. The molecule has 0 aliphatic carbocycles. The summed E-state index contributed by atoms with van der Waals surface area (Å²) in [5.41, 5.74) is 0. The fourth-order valence-electron chi connectivity index (χ4n) is 1.15. The molecular weight excluding hydrogens is 251 g/mol. The molecule has 0 N–H and O–H groups in total. The van der Waals surface area contributed by atoms with Crippen molar-refractivity contribution in [2.45, 2.75) is 19.3 Å². The third-order valence-corrected chi connectivity index (χ3v) is 3.02. The minimum atomic E-state index is 0.532. The van der Waals surface area contributed by atoms with Gasteiger partial charge in [-0.1, -0.05) is 23.2 Å². The lowest BCUT2D eigenvalue weighted by atomic mass is 10.3. The number of hydrogen-bond donors (Lipinski definition) is 1. The molecule has 0 atom stereocenters. The van der Waals surface area contributed by atoms with Crippen molar-refractivity contribution < 1.29 is 4.74 Å². The third kappa shape index (κ3) is 5.01. The average molecular weight is 265 g/mol. The molecule has 0 amide bonds. The second-order valence-electron chi connectivity index (χ2n) is 3.21. The molecule has 0 aliphatic heterocycles. The predicted octanol–water partition coefficient (Wildman–Crippen LogP) is 4.47. The van der Waals surface area contributed by atoms with Crippen LogP contribution in [-0.2, 0) is 0 Å². The van der Waals surface area contributed by atoms with Crippen molar-refractivity contribution in [1.82, 2.24) is 0 Å². The summed E-state index contributed by atoms with van der Waals surface area (Å²) in [5.74, 6) is 1.71. The van der Waals surface area contributed by atoms with Gasteiger partial charge in [-0.25, -0.2) is 0 Å². The summed E-state index contributed by atoms with van der Waals surface area (Å²) < 4.78 is 5.52. The molecule has 0 fully saturated rings. The van der Waals surface area contributed by atoms with Crippen LogP contribution in [0.2, 0.25) is 10.0 Å². The van der Waals surface area contributed by atoms with E-state index in [2.05, 4.69) is 12.6 Å². The van der Waals surface area contributed by atoms with Gasteiger partial charge in [0.15, 0.2) is 0 Å². The molecule has 0 aliphatic rings. The van der Waals surface area contributed by atoms with Gasteiger partial charge in [0.25, 0.3) is 0 Å². The van der Waals surface area contributed by atoms with E-state index in [1.165, 1.54) is 0 Å². The van der Waals surface area contributed by atoms with Crippen LogP contribution in [0.4, 0.5) is 0 Å². The van der Waals surface area contributed by atoms with Gasteiger partial charge in [0.2, 0.25) is 0 Å². The van der Waals surface area contributed by atoms with Crippen molar-refractivity contribution in [3.05, 3.63) is 28.2 Å². The Labute approximate surface area is 106 Å². The van der Waals surface area contributed by atoms with Crippen LogP contribution in [0.1, 0.15) is 19.3 Å². The lowest BCUT2D eigenvalue weighted by molar-refractivity contribution is 0.306. The summed E-state index contributed by atoms with van der Waals surface area (Å²) in [4.78, 5) is 0. The van der Waals surface area contributed by atoms with Crippen molar-refractivity contribution in [3.8, 4) is 5.75 Å². The minimum absolute atomic E-state index is 0.532. The fourth-order valence-corrected chi connectivity index (χ4v) is 1.66. The molecule has 1 nitrogen and oxygen atoms in total. The molecule has 0 bridgehead atoms. The molecule has 84 valence electrons. The van der Waals surface area contributed by atoms with Gasteiger partial charge >= 0.3 is 0 Å². The lowest BCUT2D eigenvalue weighted by Gasteiger charge is -2.06. The fraction of sp³-hybridized carbons (Fsp3) is 0.455. The van der Waals surface area contributed by atoms with E-state index < -0.39 is 0 Å². The Bertz CT molecular complexity index is 305. The highest BCUT2D eigenvalue weighted by molar-refractivity contribution is 7.80. The Hall–Kier alpha value is -0.0500. The Morgan fingerprint density at radius 3 is 2.53 bits per heavy atom. The monoisotopic (exact) mass is 264 g/mol. The maximum Gasteiger partial charge on any atom is 0.120 e. The number of hydrogen-bond acceptors (Lipinski definition) is 2. The van der Waals surface area contributed by atoms with E-state index in [-0.39, 0.29) is 0 Å². The van der Waals surface area contributed by atoms with E-state index in [0.717, 1.165) is 30.8 Å². The molecule has 0 saturated heterocycles. The molecule has 15 heavy (non-hydrogen) atoms. The van der Waals surface area contributed by atoms with Gasteiger partial charge in [-0.15, -0.1) is 0 Å². The molecule has 4 heteroatoms. The Morgan fingerprint density at radius 2 is 1.87 bits per heavy atom. The normalized spacial score (nSPS) is 10.3. The number of ether oxygens (including phenoxy) is 1. The first-order chi connectivity index (χ1) is 7.24. The maximum atomic E-state index is 5.85. The lowest BCUT2D eigenvalue weighted by Crippen LogP contribution is -1.97. The highest BCUT2D eigenvalue weighted by Gasteiger charge is 1.99. The van der Waals surface area contributed by atoms with Crippen molar-refractivity contribution in [2.75, 3.05) is 12.4 Å². The highest BCUT2D eigenvalue weighted by atomic mass is 35.5. The summed E-state index contributed by atoms with van der Waals surface area (Å²) in [6, 6.07) is 5.31. The third-order valence-electron chi connectivity index (χ3n) is 1.96. The predicted molar refractivity (Wildman–Crippen MR) is 69.7 cm³/mol. The minimum Gasteiger partial charge on any atom is -0.494 e. The van der Waals surface area contributed by atoms with Crippen LogP contribution < -0.4 is 4.74 Å². The molecule has 0 unspecified atom stereocenters. The standard InChI is InChI=1S/C11H14Cl2OS/c12-10-5-4-9(8-11(10)13)14-6-2-1-3-7-15/h4-5,8,15H,1-3,6-7H2. The van der Waals surface area contributed by atoms with Crippen LogP contribution in [-0.4, -0.2) is 12.4 Å². The maximum absolute atomic E-state index is 5.85. The van der Waals surface area contributed by atoms with E-state index in [1.54, 1.807) is 12.1 Å². The van der Waals surface area contributed by atoms with Gasteiger partial charge in [0.05, 0.1) is 16.7 Å². The first kappa shape index (κ1) is 13.0. The van der Waals surface area contributed by atoms with Crippen LogP contribution in [0.15, 0.2) is 18.2 Å². The quantitative estimate of drug-likeness (QED) is 0.589. The van der Waals surface area contributed by atoms with E-state index in [4.69, 9.17) is 27.9 Å². The molecule has 1 rings (SSSR count). The molecule has 1 aromatic rings. The summed E-state index contributed by atoms with van der Waals surface area (Å²) in [7, 11) is 0. The van der Waals surface area contributed by atoms with Gasteiger partial charge in [-0.2, -0.15) is 12.6 Å². The molecule has 0 aromatic heterocycles. The van der Waals surface area contributed by atoms with Crippen LogP contribution in [0.3, 0.4) is 0 Å². The molecule has 0 radical (unpaired) electrons.